The Morgan fingerprint density at radius 2 is 1.65 bits per heavy atom. The fourth-order valence-electron chi connectivity index (χ4n) is 5.25. The van der Waals surface area contributed by atoms with E-state index in [0.29, 0.717) is 0 Å². The molecule has 3 rings (SSSR count). The average molecular weight is 417 g/mol. The second-order valence-electron chi connectivity index (χ2n) is 8.94. The van der Waals surface area contributed by atoms with Gasteiger partial charge in [0.1, 0.15) is 6.17 Å². The summed E-state index contributed by atoms with van der Waals surface area (Å²) in [6.07, 6.45) is 4.60. The van der Waals surface area contributed by atoms with Gasteiger partial charge in [-0.3, -0.25) is 4.90 Å². The van der Waals surface area contributed by atoms with Crippen LogP contribution >= 0.6 is 0 Å². The average Bonchev–Trinajstić information content (AvgIpc) is 3.09. The van der Waals surface area contributed by atoms with Gasteiger partial charge in [-0.2, -0.15) is 0 Å². The van der Waals surface area contributed by atoms with Gasteiger partial charge in [0.25, 0.3) is 0 Å². The van der Waals surface area contributed by atoms with Gasteiger partial charge >= 0.3 is 0 Å². The van der Waals surface area contributed by atoms with Gasteiger partial charge in [-0.15, -0.1) is 0 Å². The van der Waals surface area contributed by atoms with Gasteiger partial charge in [-0.05, 0) is 74.5 Å². The van der Waals surface area contributed by atoms with Gasteiger partial charge in [-0.1, -0.05) is 75.8 Å². The third kappa shape index (κ3) is 4.68. The van der Waals surface area contributed by atoms with Crippen LogP contribution in [-0.4, -0.2) is 18.0 Å². The summed E-state index contributed by atoms with van der Waals surface area (Å²) < 4.78 is 0. The van der Waals surface area contributed by atoms with E-state index in [2.05, 4.69) is 94.4 Å². The zero-order valence-electron chi connectivity index (χ0n) is 20.7. The first-order valence-electron chi connectivity index (χ1n) is 12.2. The normalized spacial score (nSPS) is 15.2. The maximum Gasteiger partial charge on any atom is 0.109 e. The molecule has 1 heterocycles. The highest BCUT2D eigenvalue weighted by Crippen LogP contribution is 2.44. The Kier molecular flexibility index (Phi) is 7.84. The second kappa shape index (κ2) is 10.4. The molecule has 2 aromatic rings. The van der Waals surface area contributed by atoms with Crippen LogP contribution in [0.1, 0.15) is 92.1 Å². The number of hydrogen-bond donors (Lipinski definition) is 0. The van der Waals surface area contributed by atoms with Crippen LogP contribution in [0.3, 0.4) is 0 Å². The molecule has 31 heavy (non-hydrogen) atoms. The number of nitrogens with zero attached hydrogens (tertiary/aromatic N) is 2. The lowest BCUT2D eigenvalue weighted by Crippen LogP contribution is -2.38. The Morgan fingerprint density at radius 3 is 2.23 bits per heavy atom. The Labute approximate surface area is 190 Å². The van der Waals surface area contributed by atoms with Crippen molar-refractivity contribution in [2.24, 2.45) is 0 Å². The summed E-state index contributed by atoms with van der Waals surface area (Å²) in [5.41, 5.74) is 11.1. The summed E-state index contributed by atoms with van der Waals surface area (Å²) in [7, 11) is 0. The molecule has 0 aliphatic carbocycles. The number of benzene rings is 2. The van der Waals surface area contributed by atoms with Gasteiger partial charge < -0.3 is 4.90 Å². The highest BCUT2D eigenvalue weighted by Gasteiger charge is 2.36. The molecule has 0 saturated carbocycles. The van der Waals surface area contributed by atoms with Crippen molar-refractivity contribution in [2.75, 3.05) is 18.0 Å². The van der Waals surface area contributed by atoms with Crippen LogP contribution < -0.4 is 4.90 Å². The lowest BCUT2D eigenvalue weighted by Gasteiger charge is -2.37. The molecule has 1 atom stereocenters. The maximum absolute atomic E-state index is 3.61. The Bertz CT molecular complexity index is 949. The summed E-state index contributed by atoms with van der Waals surface area (Å²) in [6.45, 7) is 18.8. The van der Waals surface area contributed by atoms with Crippen molar-refractivity contribution < 1.29 is 0 Å². The number of anilines is 1. The molecule has 0 amide bonds. The Hall–Kier alpha value is -2.24. The minimum absolute atomic E-state index is 0.271. The predicted molar refractivity (Wildman–Crippen MR) is 135 cm³/mol. The lowest BCUT2D eigenvalue weighted by atomic mass is 9.94. The van der Waals surface area contributed by atoms with Crippen molar-refractivity contribution in [3.05, 3.63) is 63.2 Å². The zero-order chi connectivity index (χ0) is 22.5. The van der Waals surface area contributed by atoms with Gasteiger partial charge in [0, 0.05) is 24.2 Å². The Balaban J connectivity index is 2.21. The molecule has 166 valence electrons. The molecule has 0 bridgehead atoms. The topological polar surface area (TPSA) is 6.48 Å². The first-order chi connectivity index (χ1) is 15.0. The molecule has 0 saturated heterocycles. The molecule has 2 nitrogen and oxygen atoms in total. The minimum atomic E-state index is 0.271. The number of rotatable bonds is 7. The van der Waals surface area contributed by atoms with Crippen molar-refractivity contribution in [3.8, 4) is 11.8 Å². The standard InChI is InChI=1S/C29H40N2/c1-8-12-13-15-25-24(14-9-2)16-17-26-27(25)20-31(29(26)30(10-3)11-4)28-22(6)18-21(5)19-23(28)7/h16-19,29H,8-12,14,20H2,1-7H3. The van der Waals surface area contributed by atoms with Crippen molar-refractivity contribution in [3.63, 3.8) is 0 Å². The van der Waals surface area contributed by atoms with Gasteiger partial charge in [-0.25, -0.2) is 0 Å². The van der Waals surface area contributed by atoms with E-state index >= 15 is 0 Å². The third-order valence-electron chi connectivity index (χ3n) is 6.53. The SMILES string of the molecule is CCCC#Cc1c(CCC)ccc2c1CN(c1c(C)cc(C)cc1C)C2N(CC)CC. The van der Waals surface area contributed by atoms with Crippen LogP contribution in [0.5, 0.6) is 0 Å². The molecule has 1 unspecified atom stereocenters. The van der Waals surface area contributed by atoms with Crippen LogP contribution in [-0.2, 0) is 13.0 Å². The van der Waals surface area contributed by atoms with E-state index in [9.17, 15) is 0 Å². The Morgan fingerprint density at radius 1 is 0.968 bits per heavy atom. The fraction of sp³-hybridized carbons (Fsp3) is 0.517. The molecule has 0 spiro atoms. The van der Waals surface area contributed by atoms with Crippen molar-refractivity contribution >= 4 is 5.69 Å². The summed E-state index contributed by atoms with van der Waals surface area (Å²) in [4.78, 5) is 5.23. The van der Waals surface area contributed by atoms with E-state index in [1.54, 1.807) is 0 Å². The predicted octanol–water partition coefficient (Wildman–Crippen LogP) is 7.08. The monoisotopic (exact) mass is 416 g/mol. The molecule has 2 heteroatoms. The van der Waals surface area contributed by atoms with E-state index in [-0.39, 0.29) is 6.17 Å². The molecular weight excluding hydrogens is 376 g/mol. The minimum Gasteiger partial charge on any atom is -0.347 e. The van der Waals surface area contributed by atoms with Crippen LogP contribution in [0, 0.1) is 32.6 Å². The van der Waals surface area contributed by atoms with E-state index in [0.717, 1.165) is 45.3 Å². The van der Waals surface area contributed by atoms with Gasteiger partial charge in [0.15, 0.2) is 0 Å². The molecule has 0 N–H and O–H groups in total. The third-order valence-corrected chi connectivity index (χ3v) is 6.53. The summed E-state index contributed by atoms with van der Waals surface area (Å²) in [6, 6.07) is 9.41. The van der Waals surface area contributed by atoms with Crippen LogP contribution in [0.15, 0.2) is 24.3 Å². The zero-order valence-corrected chi connectivity index (χ0v) is 20.7. The van der Waals surface area contributed by atoms with E-state index < -0.39 is 0 Å². The van der Waals surface area contributed by atoms with E-state index in [1.807, 2.05) is 0 Å². The van der Waals surface area contributed by atoms with Gasteiger partial charge in [0.05, 0.1) is 0 Å². The quantitative estimate of drug-likeness (QED) is 0.445. The molecular formula is C29H40N2. The smallest absolute Gasteiger partial charge is 0.109 e. The second-order valence-corrected chi connectivity index (χ2v) is 8.94. The van der Waals surface area contributed by atoms with Crippen LogP contribution in [0.25, 0.3) is 0 Å². The highest BCUT2D eigenvalue weighted by molar-refractivity contribution is 5.66. The van der Waals surface area contributed by atoms with Crippen molar-refractivity contribution in [1.82, 2.24) is 4.90 Å². The molecule has 0 fully saturated rings. The van der Waals surface area contributed by atoms with Crippen LogP contribution in [0.2, 0.25) is 0 Å². The van der Waals surface area contributed by atoms with Crippen LogP contribution in [0.4, 0.5) is 5.69 Å². The summed E-state index contributed by atoms with van der Waals surface area (Å²) in [5, 5.41) is 0. The molecule has 0 radical (unpaired) electrons. The first kappa shape index (κ1) is 23.4. The van der Waals surface area contributed by atoms with E-state index in [1.165, 1.54) is 44.6 Å². The van der Waals surface area contributed by atoms with Crippen molar-refractivity contribution in [1.29, 1.82) is 0 Å². The lowest BCUT2D eigenvalue weighted by molar-refractivity contribution is 0.219. The number of hydrogen-bond acceptors (Lipinski definition) is 2. The molecule has 0 aromatic heterocycles. The van der Waals surface area contributed by atoms with E-state index in [4.69, 9.17) is 0 Å². The number of aryl methyl sites for hydroxylation is 4. The number of fused-ring (bicyclic) bond motifs is 1. The largest absolute Gasteiger partial charge is 0.347 e. The fourth-order valence-corrected chi connectivity index (χ4v) is 5.25. The highest BCUT2D eigenvalue weighted by atomic mass is 15.4. The van der Waals surface area contributed by atoms with Crippen molar-refractivity contribution in [2.45, 2.75) is 86.9 Å². The first-order valence-corrected chi connectivity index (χ1v) is 12.2. The van der Waals surface area contributed by atoms with Gasteiger partial charge in [0.2, 0.25) is 0 Å². The molecule has 1 aliphatic rings. The maximum atomic E-state index is 3.61. The molecule has 2 aromatic carbocycles. The molecule has 1 aliphatic heterocycles. The number of unbranched alkanes of at least 4 members (excludes halogenated alkanes) is 1. The summed E-state index contributed by atoms with van der Waals surface area (Å²) >= 11 is 0. The summed E-state index contributed by atoms with van der Waals surface area (Å²) in [5.74, 6) is 7.06.